The van der Waals surface area contributed by atoms with Gasteiger partial charge in [0.15, 0.2) is 0 Å². The molecule has 18 heteroatoms. The smallest absolute Gasteiger partial charge is 0.407 e. The van der Waals surface area contributed by atoms with E-state index < -0.39 is 90.3 Å². The fourth-order valence-electron chi connectivity index (χ4n) is 6.34. The van der Waals surface area contributed by atoms with Crippen molar-refractivity contribution in [1.82, 2.24) is 36.9 Å². The van der Waals surface area contributed by atoms with Crippen molar-refractivity contribution in [1.29, 1.82) is 0 Å². The molecule has 3 aromatic rings. The van der Waals surface area contributed by atoms with Crippen LogP contribution in [0, 0.1) is 5.92 Å². The molecule has 0 saturated heterocycles. The number of para-hydroxylation sites is 1. The normalized spacial score (nSPS) is 15.4. The number of rotatable bonds is 23. The van der Waals surface area contributed by atoms with Crippen LogP contribution >= 0.6 is 12.6 Å². The van der Waals surface area contributed by atoms with Crippen molar-refractivity contribution in [2.24, 2.45) is 5.92 Å². The molecule has 10 N–H and O–H groups in total. The first-order valence-corrected chi connectivity index (χ1v) is 21.1. The maximum atomic E-state index is 14.3. The Kier molecular flexibility index (Phi) is 20.0. The van der Waals surface area contributed by atoms with Gasteiger partial charge in [0.1, 0.15) is 29.8 Å². The first-order valence-electron chi connectivity index (χ1n) is 20.5. The zero-order valence-corrected chi connectivity index (χ0v) is 36.6. The van der Waals surface area contributed by atoms with Crippen LogP contribution < -0.4 is 31.9 Å². The molecule has 0 aliphatic rings. The van der Waals surface area contributed by atoms with Gasteiger partial charge in [-0.2, -0.15) is 12.6 Å². The first kappa shape index (κ1) is 50.2. The molecule has 61 heavy (non-hydrogen) atoms. The number of unbranched alkanes of at least 4 members (excludes halogenated alkanes) is 1. The highest BCUT2D eigenvalue weighted by Gasteiger charge is 2.34. The van der Waals surface area contributed by atoms with Crippen LogP contribution in [0.25, 0.3) is 10.9 Å². The van der Waals surface area contributed by atoms with Gasteiger partial charge in [-0.1, -0.05) is 55.5 Å². The van der Waals surface area contributed by atoms with E-state index in [-0.39, 0.29) is 31.0 Å². The molecule has 0 unspecified atom stereocenters. The maximum Gasteiger partial charge on any atom is 0.407 e. The first-order chi connectivity index (χ1) is 28.8. The fraction of sp³-hybridized carbons (Fsp3) is 0.535. The van der Waals surface area contributed by atoms with Crippen molar-refractivity contribution in [2.75, 3.05) is 18.9 Å². The number of alkyl carbamates (subject to hydrolysis) is 1. The average Bonchev–Trinajstić information content (AvgIpc) is 3.61. The van der Waals surface area contributed by atoms with Gasteiger partial charge in [0.05, 0.1) is 24.9 Å². The summed E-state index contributed by atoms with van der Waals surface area (Å²) < 4.78 is 5.29. The van der Waals surface area contributed by atoms with Gasteiger partial charge in [0, 0.05) is 41.7 Å². The minimum Gasteiger partial charge on any atom is -0.444 e. The zero-order valence-electron chi connectivity index (χ0n) is 35.7. The zero-order chi connectivity index (χ0) is 45.3. The van der Waals surface area contributed by atoms with Gasteiger partial charge in [0.2, 0.25) is 29.5 Å². The van der Waals surface area contributed by atoms with E-state index in [1.54, 1.807) is 33.9 Å². The molecule has 1 aromatic heterocycles. The number of aliphatic hydroxyl groups excluding tert-OH is 3. The molecule has 17 nitrogen and oxygen atoms in total. The summed E-state index contributed by atoms with van der Waals surface area (Å²) >= 11 is 4.15. The molecule has 336 valence electrons. The summed E-state index contributed by atoms with van der Waals surface area (Å²) in [5, 5.41) is 46.6. The van der Waals surface area contributed by atoms with Crippen molar-refractivity contribution in [2.45, 2.75) is 122 Å². The highest BCUT2D eigenvalue weighted by molar-refractivity contribution is 7.80. The minimum atomic E-state index is -1.61. The van der Waals surface area contributed by atoms with Crippen molar-refractivity contribution in [3.05, 3.63) is 71.9 Å². The quantitative estimate of drug-likeness (QED) is 0.0482. The van der Waals surface area contributed by atoms with Crippen molar-refractivity contribution in [3.8, 4) is 0 Å². The minimum absolute atomic E-state index is 0.0173. The predicted molar refractivity (Wildman–Crippen MR) is 233 cm³/mol. The lowest BCUT2D eigenvalue weighted by Gasteiger charge is -2.28. The van der Waals surface area contributed by atoms with Gasteiger partial charge in [-0.3, -0.25) is 24.0 Å². The Balaban J connectivity index is 1.87. The Morgan fingerprint density at radius 2 is 1.33 bits per heavy atom. The molecule has 3 rings (SSSR count). The molecule has 0 bridgehead atoms. The molecule has 8 atom stereocenters. The molecule has 2 aromatic carbocycles. The van der Waals surface area contributed by atoms with Crippen molar-refractivity contribution in [3.63, 3.8) is 0 Å². The predicted octanol–water partition coefficient (Wildman–Crippen LogP) is 1.39. The van der Waals surface area contributed by atoms with E-state index in [0.29, 0.717) is 19.3 Å². The second-order valence-electron chi connectivity index (χ2n) is 16.2. The van der Waals surface area contributed by atoms with E-state index in [1.807, 2.05) is 54.6 Å². The van der Waals surface area contributed by atoms with Gasteiger partial charge in [-0.25, -0.2) is 4.79 Å². The van der Waals surface area contributed by atoms with E-state index in [0.717, 1.165) is 22.0 Å². The van der Waals surface area contributed by atoms with Crippen LogP contribution in [0.1, 0.15) is 71.9 Å². The monoisotopic (exact) mass is 869 g/mol. The Hall–Kier alpha value is -5.17. The highest BCUT2D eigenvalue weighted by Crippen LogP contribution is 2.20. The van der Waals surface area contributed by atoms with Crippen LogP contribution in [0.15, 0.2) is 60.8 Å². The molecule has 6 amide bonds. The second-order valence-corrected chi connectivity index (χ2v) is 16.6. The third-order valence-electron chi connectivity index (χ3n) is 9.77. The molecule has 0 aliphatic carbocycles. The Morgan fingerprint density at radius 1 is 0.721 bits per heavy atom. The van der Waals surface area contributed by atoms with E-state index in [2.05, 4.69) is 49.5 Å². The summed E-state index contributed by atoms with van der Waals surface area (Å²) in [6.45, 7) is 9.19. The number of aromatic amines is 1. The lowest BCUT2D eigenvalue weighted by Crippen LogP contribution is -2.61. The number of thiol groups is 1. The number of amides is 6. The number of H-pyrrole nitrogens is 1. The summed E-state index contributed by atoms with van der Waals surface area (Å²) in [5.41, 5.74) is 1.80. The third kappa shape index (κ3) is 16.7. The molecule has 0 fully saturated rings. The van der Waals surface area contributed by atoms with Crippen LogP contribution in [0.3, 0.4) is 0 Å². The number of carbonyl (C=O) groups is 6. The Bertz CT molecular complexity index is 1900. The summed E-state index contributed by atoms with van der Waals surface area (Å²) in [7, 11) is 0. The number of benzene rings is 2. The summed E-state index contributed by atoms with van der Waals surface area (Å²) in [6.07, 6.45) is -0.301. The standard InChI is InChI=1S/C43H63N7O10S/c1-25(20-28-14-8-7-9-15-28)37(54)47-33(21-29-22-45-31-17-11-10-16-30(29)31)39(56)46-32(18-12-13-19-44-42(59)60-43(4,5)6)38(55)50-36(27(3)53)41(58)49-35(24-61)40(57)48-34(23-51)26(2)52/h7-11,14-17,22,25-27,32-36,45,51-53,61H,12-13,18-21,23-24H2,1-6H3,(H,44,59)(H,46,56)(H,47,54)(H,48,57)(H,49,58)(H,50,55)/t25-,26+,27+,32-,33+,34+,35-,36-/m0/s1. The fourth-order valence-corrected chi connectivity index (χ4v) is 6.60. The number of nitrogens with one attached hydrogen (secondary N) is 7. The molecule has 0 saturated carbocycles. The highest BCUT2D eigenvalue weighted by atomic mass is 32.1. The third-order valence-corrected chi connectivity index (χ3v) is 10.1. The SMILES string of the molecule is C[C@@H](Cc1ccccc1)C(=O)N[C@H](Cc1c[nH]c2ccccc12)C(=O)N[C@@H](CCCCNC(=O)OC(C)(C)C)C(=O)N[C@H](C(=O)N[C@@H](CS)C(=O)N[C@H](CO)[C@@H](C)O)[C@@H](C)O. The Morgan fingerprint density at radius 3 is 1.95 bits per heavy atom. The van der Waals surface area contributed by atoms with Gasteiger partial charge in [-0.15, -0.1) is 0 Å². The lowest BCUT2D eigenvalue weighted by molar-refractivity contribution is -0.136. The van der Waals surface area contributed by atoms with Crippen molar-refractivity contribution < 1.29 is 48.8 Å². The van der Waals surface area contributed by atoms with E-state index in [9.17, 15) is 44.1 Å². The van der Waals surface area contributed by atoms with E-state index >= 15 is 0 Å². The Labute approximate surface area is 362 Å². The number of fused-ring (bicyclic) bond motifs is 1. The number of aliphatic hydroxyl groups is 3. The van der Waals surface area contributed by atoms with Crippen LogP contribution in [0.5, 0.6) is 0 Å². The van der Waals surface area contributed by atoms with Gasteiger partial charge in [-0.05, 0) is 77.5 Å². The molecule has 0 spiro atoms. The molecule has 0 aliphatic heterocycles. The number of hydrogen-bond acceptors (Lipinski definition) is 11. The largest absolute Gasteiger partial charge is 0.444 e. The van der Waals surface area contributed by atoms with Crippen LogP contribution in [-0.2, 0) is 41.6 Å². The average molecular weight is 870 g/mol. The van der Waals surface area contributed by atoms with Gasteiger partial charge >= 0.3 is 6.09 Å². The number of hydrogen-bond donors (Lipinski definition) is 11. The van der Waals surface area contributed by atoms with Gasteiger partial charge < -0.3 is 56.9 Å². The van der Waals surface area contributed by atoms with Gasteiger partial charge in [0.25, 0.3) is 0 Å². The van der Waals surface area contributed by atoms with Crippen LogP contribution in [0.4, 0.5) is 4.79 Å². The van der Waals surface area contributed by atoms with Crippen LogP contribution in [-0.4, -0.2) is 123 Å². The van der Waals surface area contributed by atoms with E-state index in [4.69, 9.17) is 4.74 Å². The molecule has 1 heterocycles. The van der Waals surface area contributed by atoms with E-state index in [1.165, 1.54) is 13.8 Å². The topological polar surface area (TPSA) is 260 Å². The second kappa shape index (κ2) is 24.3. The van der Waals surface area contributed by atoms with Crippen LogP contribution in [0.2, 0.25) is 0 Å². The van der Waals surface area contributed by atoms with Crippen molar-refractivity contribution >= 4 is 59.2 Å². The lowest BCUT2D eigenvalue weighted by atomic mass is 9.98. The summed E-state index contributed by atoms with van der Waals surface area (Å²) in [4.78, 5) is 83.9. The number of aromatic nitrogens is 1. The maximum absolute atomic E-state index is 14.3. The molecular weight excluding hydrogens is 807 g/mol. The number of carbonyl (C=O) groups excluding carboxylic acids is 6. The summed E-state index contributed by atoms with van der Waals surface area (Å²) in [5.74, 6) is -4.36. The number of ether oxygens (including phenoxy) is 1. The molecular formula is C43H63N7O10S. The molecule has 0 radical (unpaired) electrons. The summed E-state index contributed by atoms with van der Waals surface area (Å²) in [6, 6.07) is 10.6.